The summed E-state index contributed by atoms with van der Waals surface area (Å²) in [6, 6.07) is 0.388. The number of carbonyl (C=O) groups is 1. The molecule has 0 aromatic heterocycles. The second-order valence-electron chi connectivity index (χ2n) is 1.90. The lowest BCUT2D eigenvalue weighted by atomic mass is 11.0. The fourth-order valence-corrected chi connectivity index (χ4v) is 0.781. The maximum absolute atomic E-state index is 9.83. The first-order valence-corrected chi connectivity index (χ1v) is 5.18. The normalized spacial score (nSPS) is 16.3. The molecule has 0 amide bonds. The molecule has 1 unspecified atom stereocenters. The molecule has 0 rings (SSSR count). The van der Waals surface area contributed by atoms with E-state index in [1.807, 2.05) is 0 Å². The van der Waals surface area contributed by atoms with Gasteiger partial charge in [-0.05, 0) is 12.6 Å². The smallest absolute Gasteiger partial charge is 0.463 e. The highest BCUT2D eigenvalue weighted by Gasteiger charge is 2.28. The minimum absolute atomic E-state index is 0.388. The molecule has 0 aliphatic carbocycles. The number of rotatable bonds is 2. The van der Waals surface area contributed by atoms with Gasteiger partial charge >= 0.3 is 14.7 Å². The maximum Gasteiger partial charge on any atom is 0.493 e. The summed E-state index contributed by atoms with van der Waals surface area (Å²) in [6.45, 7) is 3.12. The summed E-state index contributed by atoms with van der Waals surface area (Å²) in [7, 11) is -2.84. The molecule has 0 aromatic carbocycles. The van der Waals surface area contributed by atoms with Crippen molar-refractivity contribution in [3.63, 3.8) is 0 Å². The summed E-state index contributed by atoms with van der Waals surface area (Å²) in [5.41, 5.74) is 0. The van der Waals surface area contributed by atoms with Crippen LogP contribution < -0.4 is 0 Å². The molecule has 2 N–H and O–H groups in total. The Balaban J connectivity index is 3.71. The number of hydrogen-bond acceptors (Lipinski definition) is 3. The SMILES string of the molecule is CC[Si](C)(O)OC(=O)O. The van der Waals surface area contributed by atoms with Crippen LogP contribution in [0.1, 0.15) is 6.92 Å². The average molecular weight is 150 g/mol. The van der Waals surface area contributed by atoms with Gasteiger partial charge in [0.25, 0.3) is 0 Å². The van der Waals surface area contributed by atoms with Gasteiger partial charge in [0.15, 0.2) is 0 Å². The highest BCUT2D eigenvalue weighted by Crippen LogP contribution is 2.05. The van der Waals surface area contributed by atoms with Crippen LogP contribution >= 0.6 is 0 Å². The predicted octanol–water partition coefficient (Wildman–Crippen LogP) is 0.765. The van der Waals surface area contributed by atoms with Crippen LogP contribution in [0.2, 0.25) is 12.6 Å². The lowest BCUT2D eigenvalue weighted by molar-refractivity contribution is 0.130. The van der Waals surface area contributed by atoms with Gasteiger partial charge in [-0.3, -0.25) is 0 Å². The van der Waals surface area contributed by atoms with E-state index in [0.717, 1.165) is 0 Å². The average Bonchev–Trinajstić information content (AvgIpc) is 1.63. The van der Waals surface area contributed by atoms with Gasteiger partial charge in [0.2, 0.25) is 0 Å². The largest absolute Gasteiger partial charge is 0.493 e. The van der Waals surface area contributed by atoms with Crippen molar-refractivity contribution in [1.29, 1.82) is 0 Å². The molecule has 5 heteroatoms. The Labute approximate surface area is 54.3 Å². The topological polar surface area (TPSA) is 66.8 Å². The minimum atomic E-state index is -2.84. The Kier molecular flexibility index (Phi) is 2.66. The van der Waals surface area contributed by atoms with Crippen molar-refractivity contribution < 1.29 is 19.1 Å². The van der Waals surface area contributed by atoms with Crippen LogP contribution in [0.15, 0.2) is 0 Å². The molecule has 0 aliphatic heterocycles. The summed E-state index contributed by atoms with van der Waals surface area (Å²) in [4.78, 5) is 18.9. The van der Waals surface area contributed by atoms with Crippen LogP contribution in [0.25, 0.3) is 0 Å². The zero-order valence-corrected chi connectivity index (χ0v) is 6.42. The van der Waals surface area contributed by atoms with E-state index in [4.69, 9.17) is 9.90 Å². The zero-order valence-electron chi connectivity index (χ0n) is 5.42. The Morgan fingerprint density at radius 3 is 2.33 bits per heavy atom. The third-order valence-corrected chi connectivity index (χ3v) is 2.89. The van der Waals surface area contributed by atoms with Gasteiger partial charge in [0.05, 0.1) is 0 Å². The first kappa shape index (κ1) is 8.45. The van der Waals surface area contributed by atoms with E-state index in [2.05, 4.69) is 4.43 Å². The standard InChI is InChI=1S/C4H10O4Si/c1-3-9(2,7)8-4(5)6/h7H,3H2,1-2H3,(H,5,6). The molecule has 0 saturated carbocycles. The van der Waals surface area contributed by atoms with E-state index in [-0.39, 0.29) is 0 Å². The Hall–Kier alpha value is -0.553. The number of hydrogen-bond donors (Lipinski definition) is 2. The van der Waals surface area contributed by atoms with Gasteiger partial charge in [-0.15, -0.1) is 0 Å². The fraction of sp³-hybridized carbons (Fsp3) is 0.750. The van der Waals surface area contributed by atoms with Gasteiger partial charge in [-0.25, -0.2) is 4.79 Å². The minimum Gasteiger partial charge on any atom is -0.463 e. The second-order valence-corrected chi connectivity index (χ2v) is 5.16. The summed E-state index contributed by atoms with van der Waals surface area (Å²) in [6.07, 6.45) is -1.39. The first-order chi connectivity index (χ1) is 3.98. The van der Waals surface area contributed by atoms with Crippen LogP contribution in [0, 0.1) is 0 Å². The van der Waals surface area contributed by atoms with Crippen LogP contribution in [0.5, 0.6) is 0 Å². The zero-order chi connectivity index (χ0) is 7.49. The van der Waals surface area contributed by atoms with Gasteiger partial charge in [-0.1, -0.05) is 6.92 Å². The van der Waals surface area contributed by atoms with Crippen molar-refractivity contribution in [2.45, 2.75) is 19.5 Å². The summed E-state index contributed by atoms with van der Waals surface area (Å²) in [5.74, 6) is 0. The van der Waals surface area contributed by atoms with Crippen LogP contribution in [-0.4, -0.2) is 24.6 Å². The first-order valence-electron chi connectivity index (χ1n) is 2.62. The van der Waals surface area contributed by atoms with Crippen molar-refractivity contribution >= 4 is 14.7 Å². The molecule has 0 spiro atoms. The van der Waals surface area contributed by atoms with E-state index in [1.54, 1.807) is 6.92 Å². The van der Waals surface area contributed by atoms with E-state index >= 15 is 0 Å². The molecule has 4 nitrogen and oxygen atoms in total. The predicted molar refractivity (Wildman–Crippen MR) is 33.4 cm³/mol. The molecule has 1 atom stereocenters. The molecule has 0 aliphatic rings. The van der Waals surface area contributed by atoms with Crippen LogP contribution in [0.4, 0.5) is 4.79 Å². The molecule has 0 saturated heterocycles. The third kappa shape index (κ3) is 3.98. The molecular weight excluding hydrogens is 140 g/mol. The Morgan fingerprint density at radius 2 is 2.22 bits per heavy atom. The summed E-state index contributed by atoms with van der Waals surface area (Å²) < 4.78 is 4.20. The van der Waals surface area contributed by atoms with E-state index in [9.17, 15) is 4.79 Å². The highest BCUT2D eigenvalue weighted by atomic mass is 28.4. The van der Waals surface area contributed by atoms with E-state index < -0.39 is 14.7 Å². The maximum atomic E-state index is 9.83. The van der Waals surface area contributed by atoms with Crippen molar-refractivity contribution in [1.82, 2.24) is 0 Å². The molecule has 54 valence electrons. The molecule has 9 heavy (non-hydrogen) atoms. The Morgan fingerprint density at radius 1 is 1.78 bits per heavy atom. The quantitative estimate of drug-likeness (QED) is 0.570. The number of carboxylic acid groups (broad SMARTS) is 1. The molecule has 0 fully saturated rings. The van der Waals surface area contributed by atoms with Crippen molar-refractivity contribution in [2.75, 3.05) is 0 Å². The molecule has 0 radical (unpaired) electrons. The lowest BCUT2D eigenvalue weighted by Crippen LogP contribution is -2.35. The molecular formula is C4H10O4Si. The van der Waals surface area contributed by atoms with E-state index in [0.29, 0.717) is 6.04 Å². The van der Waals surface area contributed by atoms with Gasteiger partial charge in [-0.2, -0.15) is 0 Å². The summed E-state index contributed by atoms with van der Waals surface area (Å²) >= 11 is 0. The van der Waals surface area contributed by atoms with Crippen LogP contribution in [-0.2, 0) is 4.43 Å². The molecule has 0 aromatic rings. The monoisotopic (exact) mass is 150 g/mol. The highest BCUT2D eigenvalue weighted by molar-refractivity contribution is 6.65. The lowest BCUT2D eigenvalue weighted by Gasteiger charge is -2.14. The van der Waals surface area contributed by atoms with Crippen molar-refractivity contribution in [2.24, 2.45) is 0 Å². The van der Waals surface area contributed by atoms with E-state index in [1.165, 1.54) is 6.55 Å². The molecule has 0 bridgehead atoms. The van der Waals surface area contributed by atoms with Crippen LogP contribution in [0.3, 0.4) is 0 Å². The van der Waals surface area contributed by atoms with Gasteiger partial charge in [0, 0.05) is 0 Å². The van der Waals surface area contributed by atoms with Gasteiger partial charge in [0.1, 0.15) is 0 Å². The third-order valence-electron chi connectivity index (χ3n) is 0.963. The Bertz CT molecular complexity index is 111. The fourth-order valence-electron chi connectivity index (χ4n) is 0.260. The van der Waals surface area contributed by atoms with Gasteiger partial charge < -0.3 is 14.3 Å². The van der Waals surface area contributed by atoms with Crippen molar-refractivity contribution in [3.05, 3.63) is 0 Å². The summed E-state index contributed by atoms with van der Waals surface area (Å²) in [5, 5.41) is 8.03. The molecule has 0 heterocycles. The van der Waals surface area contributed by atoms with Crippen molar-refractivity contribution in [3.8, 4) is 0 Å². The second kappa shape index (κ2) is 2.84.